The summed E-state index contributed by atoms with van der Waals surface area (Å²) < 4.78 is 13.0. The lowest BCUT2D eigenvalue weighted by Crippen LogP contribution is -1.98. The van der Waals surface area contributed by atoms with Crippen molar-refractivity contribution in [2.75, 3.05) is 0 Å². The van der Waals surface area contributed by atoms with Crippen LogP contribution in [0.4, 0.5) is 4.39 Å². The average molecular weight is 165 g/mol. The topological polar surface area (TPSA) is 33.1 Å². The number of allylic oxidation sites excluding steroid dienone is 1. The molecule has 0 spiro atoms. The summed E-state index contributed by atoms with van der Waals surface area (Å²) in [5.41, 5.74) is 1.95. The summed E-state index contributed by atoms with van der Waals surface area (Å²) in [5, 5.41) is 8.88. The van der Waals surface area contributed by atoms with E-state index in [2.05, 4.69) is 4.98 Å². The fraction of sp³-hybridized carbons (Fsp3) is 0.222. The highest BCUT2D eigenvalue weighted by atomic mass is 19.1. The van der Waals surface area contributed by atoms with E-state index in [-0.39, 0.29) is 6.61 Å². The zero-order chi connectivity index (χ0) is 8.55. The number of nitrogens with zero attached hydrogens (tertiary/aromatic N) is 1. The number of hydrogen-bond donors (Lipinski definition) is 1. The third-order valence-electron chi connectivity index (χ3n) is 2.01. The van der Waals surface area contributed by atoms with Gasteiger partial charge in [0.05, 0.1) is 18.5 Å². The van der Waals surface area contributed by atoms with Crippen molar-refractivity contribution in [3.8, 4) is 0 Å². The predicted molar refractivity (Wildman–Crippen MR) is 42.9 cm³/mol. The van der Waals surface area contributed by atoms with Crippen molar-refractivity contribution in [1.29, 1.82) is 0 Å². The van der Waals surface area contributed by atoms with Gasteiger partial charge < -0.3 is 5.11 Å². The van der Waals surface area contributed by atoms with E-state index in [1.54, 1.807) is 6.08 Å². The first-order valence-corrected chi connectivity index (χ1v) is 3.76. The van der Waals surface area contributed by atoms with Crippen LogP contribution >= 0.6 is 0 Å². The second-order valence-corrected chi connectivity index (χ2v) is 2.71. The lowest BCUT2D eigenvalue weighted by Gasteiger charge is -2.04. The molecule has 1 aromatic heterocycles. The quantitative estimate of drug-likeness (QED) is 0.680. The van der Waals surface area contributed by atoms with Gasteiger partial charge in [-0.2, -0.15) is 0 Å². The van der Waals surface area contributed by atoms with E-state index in [4.69, 9.17) is 5.11 Å². The van der Waals surface area contributed by atoms with E-state index >= 15 is 0 Å². The molecule has 0 saturated heterocycles. The summed E-state index contributed by atoms with van der Waals surface area (Å²) in [5.74, 6) is -0.428. The average Bonchev–Trinajstić information content (AvgIpc) is 2.52. The van der Waals surface area contributed by atoms with Crippen molar-refractivity contribution >= 4 is 6.08 Å². The maximum absolute atomic E-state index is 13.0. The number of halogens is 1. The molecule has 0 amide bonds. The van der Waals surface area contributed by atoms with Crippen LogP contribution in [0.2, 0.25) is 0 Å². The summed E-state index contributed by atoms with van der Waals surface area (Å²) >= 11 is 0. The molecule has 0 saturated carbocycles. The Morgan fingerprint density at radius 1 is 1.58 bits per heavy atom. The van der Waals surface area contributed by atoms with E-state index < -0.39 is 5.82 Å². The summed E-state index contributed by atoms with van der Waals surface area (Å²) in [6.45, 7) is -0.263. The molecule has 2 nitrogen and oxygen atoms in total. The van der Waals surface area contributed by atoms with Crippen LogP contribution in [0.3, 0.4) is 0 Å². The third kappa shape index (κ3) is 0.940. The van der Waals surface area contributed by atoms with E-state index in [1.807, 2.05) is 6.08 Å². The Morgan fingerprint density at radius 3 is 3.17 bits per heavy atom. The molecule has 1 aliphatic carbocycles. The van der Waals surface area contributed by atoms with E-state index in [1.165, 1.54) is 0 Å². The molecule has 0 fully saturated rings. The molecule has 1 aliphatic rings. The van der Waals surface area contributed by atoms with Crippen LogP contribution in [0.1, 0.15) is 16.8 Å². The molecule has 62 valence electrons. The number of rotatable bonds is 1. The Morgan fingerprint density at radius 2 is 2.42 bits per heavy atom. The predicted octanol–water partition coefficient (Wildman–Crippen LogP) is 1.28. The number of aromatic nitrogens is 1. The molecule has 1 heterocycles. The van der Waals surface area contributed by atoms with Crippen LogP contribution < -0.4 is 0 Å². The maximum Gasteiger partial charge on any atom is 0.147 e. The first-order valence-electron chi connectivity index (χ1n) is 3.76. The molecule has 1 N–H and O–H groups in total. The first-order chi connectivity index (χ1) is 5.83. The Labute approximate surface area is 69.4 Å². The molecule has 12 heavy (non-hydrogen) atoms. The van der Waals surface area contributed by atoms with Crippen molar-refractivity contribution < 1.29 is 9.50 Å². The minimum atomic E-state index is -0.428. The Balaban J connectivity index is 2.64. The Bertz CT molecular complexity index is 347. The second-order valence-electron chi connectivity index (χ2n) is 2.71. The third-order valence-corrected chi connectivity index (χ3v) is 2.01. The van der Waals surface area contributed by atoms with Crippen LogP contribution in [0.15, 0.2) is 12.3 Å². The van der Waals surface area contributed by atoms with Crippen LogP contribution in [0.25, 0.3) is 6.08 Å². The van der Waals surface area contributed by atoms with Gasteiger partial charge >= 0.3 is 0 Å². The van der Waals surface area contributed by atoms with E-state index in [9.17, 15) is 4.39 Å². The molecular formula is C9H8FNO. The lowest BCUT2D eigenvalue weighted by atomic mass is 10.1. The molecule has 3 heteroatoms. The van der Waals surface area contributed by atoms with Crippen molar-refractivity contribution in [2.45, 2.75) is 13.0 Å². The number of aliphatic hydroxyl groups is 1. The molecule has 1 aromatic rings. The molecule has 0 radical (unpaired) electrons. The summed E-state index contributed by atoms with van der Waals surface area (Å²) in [6, 6.07) is 0. The van der Waals surface area contributed by atoms with Gasteiger partial charge in [-0.1, -0.05) is 12.2 Å². The fourth-order valence-corrected chi connectivity index (χ4v) is 1.39. The molecule has 0 aromatic carbocycles. The summed E-state index contributed by atoms with van der Waals surface area (Å²) in [7, 11) is 0. The van der Waals surface area contributed by atoms with Gasteiger partial charge in [0.25, 0.3) is 0 Å². The van der Waals surface area contributed by atoms with Crippen molar-refractivity contribution in [2.24, 2.45) is 0 Å². The number of aliphatic hydroxyl groups excluding tert-OH is 1. The highest BCUT2D eigenvalue weighted by Crippen LogP contribution is 2.23. The zero-order valence-corrected chi connectivity index (χ0v) is 6.42. The maximum atomic E-state index is 13.0. The number of hydrogen-bond acceptors (Lipinski definition) is 2. The number of pyridine rings is 1. The van der Waals surface area contributed by atoms with Gasteiger partial charge in [0.15, 0.2) is 0 Å². The molecule has 0 bridgehead atoms. The normalized spacial score (nSPS) is 13.5. The van der Waals surface area contributed by atoms with Gasteiger partial charge in [0, 0.05) is 17.5 Å². The Kier molecular flexibility index (Phi) is 1.66. The van der Waals surface area contributed by atoms with Gasteiger partial charge in [-0.05, 0) is 0 Å². The van der Waals surface area contributed by atoms with E-state index in [0.717, 1.165) is 23.9 Å². The second kappa shape index (κ2) is 2.68. The van der Waals surface area contributed by atoms with Gasteiger partial charge in [0.2, 0.25) is 0 Å². The largest absolute Gasteiger partial charge is 0.392 e. The first kappa shape index (κ1) is 7.43. The van der Waals surface area contributed by atoms with Gasteiger partial charge in [-0.25, -0.2) is 4.39 Å². The Hall–Kier alpha value is -1.22. The van der Waals surface area contributed by atoms with Gasteiger partial charge in [-0.3, -0.25) is 4.98 Å². The van der Waals surface area contributed by atoms with E-state index in [0.29, 0.717) is 5.56 Å². The van der Waals surface area contributed by atoms with Crippen LogP contribution in [0.5, 0.6) is 0 Å². The SMILES string of the molecule is OCc1c(F)cnc2c1C=CC2. The van der Waals surface area contributed by atoms with Crippen LogP contribution in [-0.4, -0.2) is 10.1 Å². The molecule has 0 aliphatic heterocycles. The lowest BCUT2D eigenvalue weighted by molar-refractivity contribution is 0.275. The highest BCUT2D eigenvalue weighted by Gasteiger charge is 2.14. The van der Waals surface area contributed by atoms with Crippen LogP contribution in [-0.2, 0) is 13.0 Å². The highest BCUT2D eigenvalue weighted by molar-refractivity contribution is 5.61. The zero-order valence-electron chi connectivity index (χ0n) is 6.42. The van der Waals surface area contributed by atoms with Gasteiger partial charge in [0.1, 0.15) is 5.82 Å². The molecular weight excluding hydrogens is 157 g/mol. The monoisotopic (exact) mass is 165 g/mol. The summed E-state index contributed by atoms with van der Waals surface area (Å²) in [4.78, 5) is 3.92. The number of fused-ring (bicyclic) bond motifs is 1. The fourth-order valence-electron chi connectivity index (χ4n) is 1.39. The van der Waals surface area contributed by atoms with Crippen LogP contribution in [0, 0.1) is 5.82 Å². The molecule has 0 unspecified atom stereocenters. The standard InChI is InChI=1S/C9H8FNO/c10-8-4-11-9-3-1-2-6(9)7(8)5-12/h1-2,4,12H,3,5H2. The molecule has 2 rings (SSSR count). The van der Waals surface area contributed by atoms with Crippen molar-refractivity contribution in [3.05, 3.63) is 34.9 Å². The van der Waals surface area contributed by atoms with Gasteiger partial charge in [-0.15, -0.1) is 0 Å². The smallest absolute Gasteiger partial charge is 0.147 e. The minimum absolute atomic E-state index is 0.263. The van der Waals surface area contributed by atoms with Crippen molar-refractivity contribution in [3.63, 3.8) is 0 Å². The van der Waals surface area contributed by atoms with Crippen molar-refractivity contribution in [1.82, 2.24) is 4.98 Å². The minimum Gasteiger partial charge on any atom is -0.392 e. The summed E-state index contributed by atoms with van der Waals surface area (Å²) in [6.07, 6.45) is 5.62. The molecule has 0 atom stereocenters.